The minimum absolute atomic E-state index is 0.0292. The van der Waals surface area contributed by atoms with Crippen LogP contribution in [0.1, 0.15) is 18.9 Å². The summed E-state index contributed by atoms with van der Waals surface area (Å²) in [4.78, 5) is 10.7. The Balaban J connectivity index is 2.26. The molecular weight excluding hydrogens is 263 g/mol. The van der Waals surface area contributed by atoms with Crippen molar-refractivity contribution in [3.8, 4) is 11.4 Å². The molecule has 0 fully saturated rings. The smallest absolute Gasteiger partial charge is 0.303 e. The minimum atomic E-state index is -0.867. The fourth-order valence-electron chi connectivity index (χ4n) is 2.06. The molecule has 0 amide bonds. The van der Waals surface area contributed by atoms with E-state index < -0.39 is 5.97 Å². The van der Waals surface area contributed by atoms with Gasteiger partial charge in [-0.2, -0.15) is 0 Å². The number of carboxylic acid groups (broad SMARTS) is 1. The molecule has 0 bridgehead atoms. The quantitative estimate of drug-likeness (QED) is 0.903. The first-order valence-electron chi connectivity index (χ1n) is 6.21. The molecule has 2 aromatic rings. The number of carbonyl (C=O) groups is 1. The molecule has 0 aliphatic heterocycles. The summed E-state index contributed by atoms with van der Waals surface area (Å²) in [5.41, 5.74) is 1.35. The Morgan fingerprint density at radius 3 is 2.85 bits per heavy atom. The largest absolute Gasteiger partial charge is 0.481 e. The van der Waals surface area contributed by atoms with Gasteiger partial charge in [0, 0.05) is 18.5 Å². The average Bonchev–Trinajstić information content (AvgIpc) is 2.74. The highest BCUT2D eigenvalue weighted by molar-refractivity contribution is 5.66. The van der Waals surface area contributed by atoms with Crippen molar-refractivity contribution in [2.24, 2.45) is 5.92 Å². The van der Waals surface area contributed by atoms with E-state index in [1.165, 1.54) is 16.8 Å². The second-order valence-corrected chi connectivity index (χ2v) is 4.90. The van der Waals surface area contributed by atoms with Crippen LogP contribution in [0.3, 0.4) is 0 Å². The van der Waals surface area contributed by atoms with Crippen LogP contribution in [-0.2, 0) is 11.3 Å². The van der Waals surface area contributed by atoms with E-state index in [1.54, 1.807) is 19.9 Å². The van der Waals surface area contributed by atoms with Crippen LogP contribution in [0.15, 0.2) is 18.2 Å². The number of hydrogen-bond donors (Lipinski definition) is 1. The number of carboxylic acids is 1. The third-order valence-electron chi connectivity index (χ3n) is 2.84. The molecular formula is C13H15FN4O2. The van der Waals surface area contributed by atoms with Gasteiger partial charge in [-0.15, -0.1) is 5.10 Å². The van der Waals surface area contributed by atoms with Crippen molar-refractivity contribution in [1.29, 1.82) is 0 Å². The fourth-order valence-corrected chi connectivity index (χ4v) is 2.06. The molecule has 1 heterocycles. The summed E-state index contributed by atoms with van der Waals surface area (Å²) in [5, 5.41) is 20.1. The molecule has 1 aromatic carbocycles. The number of aliphatic carboxylic acids is 1. The van der Waals surface area contributed by atoms with E-state index in [0.717, 1.165) is 5.56 Å². The van der Waals surface area contributed by atoms with Crippen molar-refractivity contribution in [1.82, 2.24) is 20.2 Å². The number of halogens is 1. The van der Waals surface area contributed by atoms with Crippen LogP contribution in [0.2, 0.25) is 0 Å². The molecule has 0 spiro atoms. The van der Waals surface area contributed by atoms with Crippen LogP contribution in [-0.4, -0.2) is 31.3 Å². The molecule has 0 aliphatic carbocycles. The first kappa shape index (κ1) is 14.1. The van der Waals surface area contributed by atoms with Crippen LogP contribution in [0.5, 0.6) is 0 Å². The van der Waals surface area contributed by atoms with E-state index in [4.69, 9.17) is 5.11 Å². The lowest BCUT2D eigenvalue weighted by molar-refractivity contribution is -0.138. The lowest BCUT2D eigenvalue weighted by Gasteiger charge is -2.10. The van der Waals surface area contributed by atoms with Gasteiger partial charge in [-0.25, -0.2) is 9.07 Å². The second kappa shape index (κ2) is 5.77. The summed E-state index contributed by atoms with van der Waals surface area (Å²) >= 11 is 0. The van der Waals surface area contributed by atoms with Crippen molar-refractivity contribution in [3.05, 3.63) is 29.6 Å². The first-order valence-corrected chi connectivity index (χ1v) is 6.21. The van der Waals surface area contributed by atoms with Crippen molar-refractivity contribution >= 4 is 5.97 Å². The molecule has 1 atom stereocenters. The van der Waals surface area contributed by atoms with Crippen LogP contribution in [0.25, 0.3) is 11.4 Å². The van der Waals surface area contributed by atoms with Gasteiger partial charge in [0.1, 0.15) is 5.82 Å². The molecule has 1 N–H and O–H groups in total. The first-order chi connectivity index (χ1) is 9.45. The van der Waals surface area contributed by atoms with Crippen LogP contribution in [0, 0.1) is 18.7 Å². The number of nitrogens with zero attached hydrogens (tertiary/aromatic N) is 4. The maximum atomic E-state index is 13.4. The van der Waals surface area contributed by atoms with E-state index in [9.17, 15) is 9.18 Å². The Bertz CT molecular complexity index is 606. The molecule has 1 unspecified atom stereocenters. The fraction of sp³-hybridized carbons (Fsp3) is 0.385. The monoisotopic (exact) mass is 278 g/mol. The van der Waals surface area contributed by atoms with E-state index >= 15 is 0 Å². The van der Waals surface area contributed by atoms with E-state index in [1.807, 2.05) is 0 Å². The molecule has 7 heteroatoms. The summed E-state index contributed by atoms with van der Waals surface area (Å²) in [6.45, 7) is 3.95. The van der Waals surface area contributed by atoms with Crippen LogP contribution in [0.4, 0.5) is 4.39 Å². The highest BCUT2D eigenvalue weighted by Crippen LogP contribution is 2.20. The average molecular weight is 278 g/mol. The third-order valence-corrected chi connectivity index (χ3v) is 2.84. The van der Waals surface area contributed by atoms with Crippen molar-refractivity contribution in [3.63, 3.8) is 0 Å². The van der Waals surface area contributed by atoms with Crippen molar-refractivity contribution < 1.29 is 14.3 Å². The number of aromatic nitrogens is 4. The van der Waals surface area contributed by atoms with Gasteiger partial charge in [0.25, 0.3) is 0 Å². The SMILES string of the molecule is Cc1cc(F)cc(-c2nnnn2CC(C)CC(=O)O)c1. The van der Waals surface area contributed by atoms with Crippen molar-refractivity contribution in [2.45, 2.75) is 26.8 Å². The predicted octanol–water partition coefficient (Wildman–Crippen LogP) is 1.90. The molecule has 2 rings (SSSR count). The van der Waals surface area contributed by atoms with Gasteiger partial charge in [0.15, 0.2) is 5.82 Å². The molecule has 6 nitrogen and oxygen atoms in total. The molecule has 20 heavy (non-hydrogen) atoms. The van der Waals surface area contributed by atoms with Gasteiger partial charge >= 0.3 is 5.97 Å². The number of hydrogen-bond acceptors (Lipinski definition) is 4. The number of benzene rings is 1. The second-order valence-electron chi connectivity index (χ2n) is 4.90. The van der Waals surface area contributed by atoms with Gasteiger partial charge in [-0.3, -0.25) is 4.79 Å². The Hall–Kier alpha value is -2.31. The summed E-state index contributed by atoms with van der Waals surface area (Å²) in [5.74, 6) is -0.906. The standard InChI is InChI=1S/C13H15FN4O2/c1-8-3-10(6-11(14)4-8)13-15-16-17-18(13)7-9(2)5-12(19)20/h3-4,6,9H,5,7H2,1-2H3,(H,19,20). The third kappa shape index (κ3) is 3.37. The predicted molar refractivity (Wildman–Crippen MR) is 69.4 cm³/mol. The van der Waals surface area contributed by atoms with Gasteiger partial charge < -0.3 is 5.11 Å². The Morgan fingerprint density at radius 2 is 2.20 bits per heavy atom. The Kier molecular flexibility index (Phi) is 4.07. The number of tetrazole rings is 1. The van der Waals surface area contributed by atoms with Crippen LogP contribution < -0.4 is 0 Å². The molecule has 0 radical (unpaired) electrons. The minimum Gasteiger partial charge on any atom is -0.481 e. The lowest BCUT2D eigenvalue weighted by Crippen LogP contribution is -2.14. The van der Waals surface area contributed by atoms with Gasteiger partial charge in [-0.1, -0.05) is 6.92 Å². The summed E-state index contributed by atoms with van der Waals surface area (Å²) < 4.78 is 14.9. The topological polar surface area (TPSA) is 80.9 Å². The zero-order chi connectivity index (χ0) is 14.7. The summed E-state index contributed by atoms with van der Waals surface area (Å²) in [6.07, 6.45) is 0.0292. The normalized spacial score (nSPS) is 12.3. The molecule has 0 aliphatic rings. The Morgan fingerprint density at radius 1 is 1.45 bits per heavy atom. The highest BCUT2D eigenvalue weighted by atomic mass is 19.1. The van der Waals surface area contributed by atoms with E-state index in [0.29, 0.717) is 17.9 Å². The van der Waals surface area contributed by atoms with Crippen LogP contribution >= 0.6 is 0 Å². The summed E-state index contributed by atoms with van der Waals surface area (Å²) in [7, 11) is 0. The molecule has 0 saturated carbocycles. The van der Waals surface area contributed by atoms with Gasteiger partial charge in [0.05, 0.1) is 0 Å². The van der Waals surface area contributed by atoms with E-state index in [-0.39, 0.29) is 18.2 Å². The highest BCUT2D eigenvalue weighted by Gasteiger charge is 2.15. The lowest BCUT2D eigenvalue weighted by atomic mass is 10.1. The molecule has 1 aromatic heterocycles. The van der Waals surface area contributed by atoms with Gasteiger partial charge in [-0.05, 0) is 47.0 Å². The zero-order valence-corrected chi connectivity index (χ0v) is 11.2. The van der Waals surface area contributed by atoms with Gasteiger partial charge in [0.2, 0.25) is 0 Å². The van der Waals surface area contributed by atoms with E-state index in [2.05, 4.69) is 15.5 Å². The van der Waals surface area contributed by atoms with Crippen molar-refractivity contribution in [2.75, 3.05) is 0 Å². The summed E-state index contributed by atoms with van der Waals surface area (Å²) in [6, 6.07) is 4.56. The number of aryl methyl sites for hydroxylation is 1. The maximum Gasteiger partial charge on any atom is 0.303 e. The Labute approximate surface area is 115 Å². The maximum absolute atomic E-state index is 13.4. The zero-order valence-electron chi connectivity index (χ0n) is 11.2. The molecule has 0 saturated heterocycles. The number of rotatable bonds is 5. The molecule has 106 valence electrons.